The summed E-state index contributed by atoms with van der Waals surface area (Å²) in [6.45, 7) is 0.407. The molecule has 162 valence electrons. The van der Waals surface area contributed by atoms with Crippen molar-refractivity contribution < 1.29 is 17.9 Å². The molecule has 0 heterocycles. The number of ether oxygens (including phenoxy) is 1. The van der Waals surface area contributed by atoms with Crippen LogP contribution in [0.15, 0.2) is 87.7 Å². The van der Waals surface area contributed by atoms with Crippen molar-refractivity contribution in [3.8, 4) is 11.8 Å². The topological polar surface area (TPSA) is 122 Å². The van der Waals surface area contributed by atoms with Gasteiger partial charge in [-0.2, -0.15) is 5.26 Å². The molecule has 3 N–H and O–H groups in total. The van der Waals surface area contributed by atoms with Crippen molar-refractivity contribution in [3.63, 3.8) is 0 Å². The van der Waals surface area contributed by atoms with Gasteiger partial charge in [0.2, 0.25) is 10.0 Å². The van der Waals surface area contributed by atoms with Crippen LogP contribution in [0.2, 0.25) is 0 Å². The maximum atomic E-state index is 12.5. The number of carbonyl (C=O) groups excluding carboxylic acids is 1. The quantitative estimate of drug-likeness (QED) is 0.363. The Kier molecular flexibility index (Phi) is 7.43. The zero-order valence-electron chi connectivity index (χ0n) is 16.7. The summed E-state index contributed by atoms with van der Waals surface area (Å²) in [6.07, 6.45) is 1.44. The number of halogens is 1. The van der Waals surface area contributed by atoms with Crippen molar-refractivity contribution in [2.75, 3.05) is 5.32 Å². The third-order valence-electron chi connectivity index (χ3n) is 4.31. The first-order valence-corrected chi connectivity index (χ1v) is 11.6. The van der Waals surface area contributed by atoms with Crippen LogP contribution in [0.3, 0.4) is 0 Å². The summed E-state index contributed by atoms with van der Waals surface area (Å²) in [7, 11) is -3.83. The highest BCUT2D eigenvalue weighted by Crippen LogP contribution is 2.28. The monoisotopic (exact) mass is 511 g/mol. The Labute approximate surface area is 194 Å². The maximum Gasteiger partial charge on any atom is 0.266 e. The van der Waals surface area contributed by atoms with E-state index in [1.165, 1.54) is 30.3 Å². The number of nitrogens with one attached hydrogen (secondary N) is 1. The summed E-state index contributed by atoms with van der Waals surface area (Å²) in [5, 5.41) is 17.0. The van der Waals surface area contributed by atoms with Gasteiger partial charge in [0.15, 0.2) is 0 Å². The predicted molar refractivity (Wildman–Crippen MR) is 125 cm³/mol. The number of nitriles is 1. The molecule has 0 saturated heterocycles. The smallest absolute Gasteiger partial charge is 0.266 e. The molecule has 3 aromatic rings. The number of nitrogens with zero attached hydrogens (tertiary/aromatic N) is 1. The minimum Gasteiger partial charge on any atom is -0.488 e. The second-order valence-electron chi connectivity index (χ2n) is 6.66. The van der Waals surface area contributed by atoms with Crippen molar-refractivity contribution in [2.45, 2.75) is 11.5 Å². The first-order chi connectivity index (χ1) is 15.3. The van der Waals surface area contributed by atoms with Crippen molar-refractivity contribution in [2.24, 2.45) is 5.14 Å². The SMILES string of the molecule is N#C/C(=C/c1ccc(OCc2ccccc2)c(Br)c1)C(=O)Nc1ccc(S(N)(=O)=O)cc1. The Bertz CT molecular complexity index is 1300. The molecule has 0 spiro atoms. The Morgan fingerprint density at radius 2 is 1.78 bits per heavy atom. The zero-order chi connectivity index (χ0) is 23.1. The summed E-state index contributed by atoms with van der Waals surface area (Å²) in [5.41, 5.74) is 1.86. The fourth-order valence-corrected chi connectivity index (χ4v) is 3.73. The van der Waals surface area contributed by atoms with Crippen LogP contribution in [-0.4, -0.2) is 14.3 Å². The minimum absolute atomic E-state index is 0.0778. The Morgan fingerprint density at radius 1 is 1.09 bits per heavy atom. The van der Waals surface area contributed by atoms with Crippen LogP contribution in [0, 0.1) is 11.3 Å². The molecule has 0 saturated carbocycles. The molecule has 32 heavy (non-hydrogen) atoms. The number of hydrogen-bond donors (Lipinski definition) is 2. The highest BCUT2D eigenvalue weighted by molar-refractivity contribution is 9.10. The van der Waals surface area contributed by atoms with E-state index in [0.29, 0.717) is 28.1 Å². The fourth-order valence-electron chi connectivity index (χ4n) is 2.70. The zero-order valence-corrected chi connectivity index (χ0v) is 19.1. The van der Waals surface area contributed by atoms with E-state index in [2.05, 4.69) is 21.2 Å². The Balaban J connectivity index is 1.70. The van der Waals surface area contributed by atoms with Crippen LogP contribution in [-0.2, 0) is 21.4 Å². The van der Waals surface area contributed by atoms with Crippen LogP contribution in [0.5, 0.6) is 5.75 Å². The lowest BCUT2D eigenvalue weighted by molar-refractivity contribution is -0.112. The average Bonchev–Trinajstić information content (AvgIpc) is 2.77. The van der Waals surface area contributed by atoms with Gasteiger partial charge < -0.3 is 10.1 Å². The van der Waals surface area contributed by atoms with Gasteiger partial charge in [-0.3, -0.25) is 4.79 Å². The highest BCUT2D eigenvalue weighted by atomic mass is 79.9. The van der Waals surface area contributed by atoms with Crippen LogP contribution in [0.4, 0.5) is 5.69 Å². The molecular weight excluding hydrogens is 494 g/mol. The third kappa shape index (κ3) is 6.28. The van der Waals surface area contributed by atoms with E-state index in [1.54, 1.807) is 18.2 Å². The van der Waals surface area contributed by atoms with Crippen LogP contribution in [0.1, 0.15) is 11.1 Å². The minimum atomic E-state index is -3.83. The van der Waals surface area contributed by atoms with Gasteiger partial charge in [-0.25, -0.2) is 13.6 Å². The van der Waals surface area contributed by atoms with Gasteiger partial charge >= 0.3 is 0 Å². The predicted octanol–water partition coefficient (Wildman–Crippen LogP) is 4.22. The molecule has 3 aromatic carbocycles. The van der Waals surface area contributed by atoms with E-state index in [1.807, 2.05) is 36.4 Å². The van der Waals surface area contributed by atoms with Crippen LogP contribution in [0.25, 0.3) is 6.08 Å². The first kappa shape index (κ1) is 23.2. The van der Waals surface area contributed by atoms with Gasteiger partial charge in [-0.15, -0.1) is 0 Å². The third-order valence-corrected chi connectivity index (χ3v) is 5.86. The van der Waals surface area contributed by atoms with Crippen LogP contribution < -0.4 is 15.2 Å². The van der Waals surface area contributed by atoms with Gasteiger partial charge in [0.25, 0.3) is 5.91 Å². The molecular formula is C23H18BrN3O4S. The number of benzene rings is 3. The molecule has 0 atom stereocenters. The molecule has 1 amide bonds. The normalized spacial score (nSPS) is 11.5. The maximum absolute atomic E-state index is 12.5. The van der Waals surface area contributed by atoms with Crippen molar-refractivity contribution >= 4 is 43.6 Å². The van der Waals surface area contributed by atoms with Gasteiger partial charge in [0, 0.05) is 5.69 Å². The standard InChI is InChI=1S/C23H18BrN3O4S/c24-21-13-17(6-11-22(21)31-15-16-4-2-1-3-5-16)12-18(14-25)23(28)27-19-7-9-20(10-8-19)32(26,29)30/h1-13H,15H2,(H,27,28)(H2,26,29,30)/b18-12-. The molecule has 0 aromatic heterocycles. The second kappa shape index (κ2) is 10.2. The molecule has 9 heteroatoms. The summed E-state index contributed by atoms with van der Waals surface area (Å²) >= 11 is 3.45. The number of amides is 1. The fraction of sp³-hybridized carbons (Fsp3) is 0.0435. The van der Waals surface area contributed by atoms with E-state index in [4.69, 9.17) is 9.88 Å². The van der Waals surface area contributed by atoms with Crippen molar-refractivity contribution in [3.05, 3.63) is 94.0 Å². The lowest BCUT2D eigenvalue weighted by atomic mass is 10.1. The molecule has 0 unspecified atom stereocenters. The van der Waals surface area contributed by atoms with E-state index >= 15 is 0 Å². The molecule has 0 radical (unpaired) electrons. The van der Waals surface area contributed by atoms with E-state index in [0.717, 1.165) is 5.56 Å². The molecule has 0 fully saturated rings. The van der Waals surface area contributed by atoms with Gasteiger partial charge in [-0.1, -0.05) is 36.4 Å². The number of nitrogens with two attached hydrogens (primary N) is 1. The van der Waals surface area contributed by atoms with E-state index in [9.17, 15) is 18.5 Å². The summed E-state index contributed by atoms with van der Waals surface area (Å²) in [6, 6.07) is 22.1. The molecule has 0 aliphatic heterocycles. The first-order valence-electron chi connectivity index (χ1n) is 9.28. The molecule has 3 rings (SSSR count). The summed E-state index contributed by atoms with van der Waals surface area (Å²) in [4.78, 5) is 12.4. The summed E-state index contributed by atoms with van der Waals surface area (Å²) < 4.78 is 29.1. The van der Waals surface area contributed by atoms with Gasteiger partial charge in [0.05, 0.1) is 9.37 Å². The van der Waals surface area contributed by atoms with E-state index in [-0.39, 0.29) is 10.5 Å². The van der Waals surface area contributed by atoms with Crippen LogP contribution >= 0.6 is 15.9 Å². The number of anilines is 1. The summed E-state index contributed by atoms with van der Waals surface area (Å²) in [5.74, 6) is 0.000269. The largest absolute Gasteiger partial charge is 0.488 e. The number of primary sulfonamides is 1. The average molecular weight is 512 g/mol. The van der Waals surface area contributed by atoms with Gasteiger partial charge in [-0.05, 0) is 69.5 Å². The number of rotatable bonds is 7. The molecule has 7 nitrogen and oxygen atoms in total. The Hall–Kier alpha value is -3.45. The molecule has 0 aliphatic rings. The lowest BCUT2D eigenvalue weighted by Gasteiger charge is -2.09. The second-order valence-corrected chi connectivity index (χ2v) is 9.07. The number of hydrogen-bond acceptors (Lipinski definition) is 5. The number of sulfonamides is 1. The van der Waals surface area contributed by atoms with E-state index < -0.39 is 15.9 Å². The highest BCUT2D eigenvalue weighted by Gasteiger charge is 2.12. The lowest BCUT2D eigenvalue weighted by Crippen LogP contribution is -2.14. The Morgan fingerprint density at radius 3 is 2.38 bits per heavy atom. The molecule has 0 aliphatic carbocycles. The molecule has 0 bridgehead atoms. The van der Waals surface area contributed by atoms with Crippen molar-refractivity contribution in [1.29, 1.82) is 5.26 Å². The number of carbonyl (C=O) groups is 1. The van der Waals surface area contributed by atoms with Crippen molar-refractivity contribution in [1.82, 2.24) is 0 Å². The van der Waals surface area contributed by atoms with Gasteiger partial charge in [0.1, 0.15) is 24.0 Å².